The van der Waals surface area contributed by atoms with Crippen LogP contribution in [0.1, 0.15) is 29.7 Å². The molecule has 1 fully saturated rings. The number of carbonyl (C=O) groups excluding carboxylic acids is 2. The molecule has 7 heteroatoms. The fourth-order valence-corrected chi connectivity index (χ4v) is 4.35. The molecule has 1 aliphatic rings. The third-order valence-corrected chi connectivity index (χ3v) is 6.30. The Morgan fingerprint density at radius 1 is 1.00 bits per heavy atom. The largest absolute Gasteiger partial charge is 0.507 e. The van der Waals surface area contributed by atoms with E-state index in [0.29, 0.717) is 34.2 Å². The Hall–Kier alpha value is -3.28. The lowest BCUT2D eigenvalue weighted by Gasteiger charge is -2.27. The summed E-state index contributed by atoms with van der Waals surface area (Å²) < 4.78 is 5.52. The van der Waals surface area contributed by atoms with Crippen molar-refractivity contribution in [3.8, 4) is 5.75 Å². The van der Waals surface area contributed by atoms with Crippen molar-refractivity contribution in [3.05, 3.63) is 99.0 Å². The topological polar surface area (TPSA) is 66.8 Å². The zero-order valence-electron chi connectivity index (χ0n) is 18.0. The maximum atomic E-state index is 13.3. The molecule has 0 saturated carbocycles. The second-order valence-electron chi connectivity index (χ2n) is 7.54. The van der Waals surface area contributed by atoms with Gasteiger partial charge in [-0.05, 0) is 55.3 Å². The van der Waals surface area contributed by atoms with Crippen molar-refractivity contribution >= 4 is 46.3 Å². The van der Waals surface area contributed by atoms with E-state index in [0.717, 1.165) is 0 Å². The highest BCUT2D eigenvalue weighted by molar-refractivity contribution is 6.52. The third-order valence-electron chi connectivity index (χ3n) is 5.56. The van der Waals surface area contributed by atoms with Crippen LogP contribution in [0.4, 0.5) is 5.69 Å². The molecule has 0 bridgehead atoms. The van der Waals surface area contributed by atoms with E-state index in [4.69, 9.17) is 27.9 Å². The van der Waals surface area contributed by atoms with Gasteiger partial charge in [0.05, 0.1) is 23.2 Å². The van der Waals surface area contributed by atoms with E-state index in [1.807, 2.05) is 25.1 Å². The van der Waals surface area contributed by atoms with Crippen LogP contribution >= 0.6 is 23.2 Å². The van der Waals surface area contributed by atoms with Gasteiger partial charge in [0.15, 0.2) is 0 Å². The van der Waals surface area contributed by atoms with Crippen LogP contribution in [0.5, 0.6) is 5.75 Å². The Labute approximate surface area is 201 Å². The molecule has 0 radical (unpaired) electrons. The molecule has 0 aromatic heterocycles. The molecule has 0 spiro atoms. The van der Waals surface area contributed by atoms with Crippen molar-refractivity contribution in [1.29, 1.82) is 0 Å². The number of Topliss-reactive ketones (excluding diaryl/α,β-unsaturated/α-hetero) is 1. The van der Waals surface area contributed by atoms with Gasteiger partial charge in [-0.15, -0.1) is 0 Å². The number of anilines is 1. The van der Waals surface area contributed by atoms with Crippen LogP contribution in [-0.4, -0.2) is 23.4 Å². The summed E-state index contributed by atoms with van der Waals surface area (Å²) in [4.78, 5) is 28.0. The molecule has 5 nitrogen and oxygen atoms in total. The van der Waals surface area contributed by atoms with Crippen molar-refractivity contribution in [2.75, 3.05) is 11.5 Å². The zero-order chi connectivity index (χ0) is 23.7. The lowest BCUT2D eigenvalue weighted by molar-refractivity contribution is -0.132. The van der Waals surface area contributed by atoms with Gasteiger partial charge in [0, 0.05) is 16.3 Å². The highest BCUT2D eigenvalue weighted by atomic mass is 35.5. The predicted octanol–water partition coefficient (Wildman–Crippen LogP) is 6.33. The molecule has 1 heterocycles. The van der Waals surface area contributed by atoms with Gasteiger partial charge < -0.3 is 9.84 Å². The van der Waals surface area contributed by atoms with Gasteiger partial charge in [-0.2, -0.15) is 0 Å². The average molecular weight is 482 g/mol. The summed E-state index contributed by atoms with van der Waals surface area (Å²) in [5.74, 6) is -1.44. The minimum Gasteiger partial charge on any atom is -0.507 e. The van der Waals surface area contributed by atoms with Gasteiger partial charge >= 0.3 is 0 Å². The minimum atomic E-state index is -0.866. The SMILES string of the molecule is CCOc1ccc(Cl)c(/C(O)=C2\C(=O)C(=O)N(c3cccc(Cl)c3C)C2c2ccccc2)c1. The number of hydrogen-bond acceptors (Lipinski definition) is 4. The van der Waals surface area contributed by atoms with E-state index in [1.54, 1.807) is 55.5 Å². The fourth-order valence-electron chi connectivity index (χ4n) is 3.98. The zero-order valence-corrected chi connectivity index (χ0v) is 19.5. The van der Waals surface area contributed by atoms with E-state index in [2.05, 4.69) is 0 Å². The summed E-state index contributed by atoms with van der Waals surface area (Å²) in [6.07, 6.45) is 0. The Bertz CT molecular complexity index is 1270. The van der Waals surface area contributed by atoms with Crippen molar-refractivity contribution in [3.63, 3.8) is 0 Å². The summed E-state index contributed by atoms with van der Waals surface area (Å²) >= 11 is 12.7. The molecule has 33 heavy (non-hydrogen) atoms. The van der Waals surface area contributed by atoms with Crippen LogP contribution in [0.25, 0.3) is 5.76 Å². The fraction of sp³-hybridized carbons (Fsp3) is 0.154. The van der Waals surface area contributed by atoms with E-state index in [-0.39, 0.29) is 21.9 Å². The number of ketones is 1. The Kier molecular flexibility index (Phi) is 6.45. The van der Waals surface area contributed by atoms with Crippen molar-refractivity contribution in [2.24, 2.45) is 0 Å². The van der Waals surface area contributed by atoms with Crippen LogP contribution in [-0.2, 0) is 9.59 Å². The number of benzene rings is 3. The van der Waals surface area contributed by atoms with Gasteiger partial charge in [-0.3, -0.25) is 14.5 Å². The lowest BCUT2D eigenvalue weighted by atomic mass is 9.95. The summed E-state index contributed by atoms with van der Waals surface area (Å²) in [6.45, 7) is 4.04. The lowest BCUT2D eigenvalue weighted by Crippen LogP contribution is -2.30. The Balaban J connectivity index is 1.98. The first-order chi connectivity index (χ1) is 15.8. The first-order valence-electron chi connectivity index (χ1n) is 10.4. The number of ether oxygens (including phenoxy) is 1. The van der Waals surface area contributed by atoms with Crippen LogP contribution in [0.2, 0.25) is 10.0 Å². The highest BCUT2D eigenvalue weighted by Gasteiger charge is 2.47. The maximum Gasteiger partial charge on any atom is 0.300 e. The van der Waals surface area contributed by atoms with Crippen molar-refractivity contribution in [2.45, 2.75) is 19.9 Å². The molecule has 1 aliphatic heterocycles. The first kappa shape index (κ1) is 22.9. The molecule has 4 rings (SSSR count). The standard InChI is InChI=1S/C26H21Cl2NO4/c1-3-33-17-12-13-20(28)18(14-17)24(30)22-23(16-8-5-4-6-9-16)29(26(32)25(22)31)21-11-7-10-19(27)15(21)2/h4-14,23,30H,3H2,1-2H3/b24-22+. The number of hydrogen-bond donors (Lipinski definition) is 1. The molecule has 1 atom stereocenters. The van der Waals surface area contributed by atoms with Gasteiger partial charge in [0.1, 0.15) is 11.5 Å². The molecular formula is C26H21Cl2NO4. The molecular weight excluding hydrogens is 461 g/mol. The van der Waals surface area contributed by atoms with Crippen LogP contribution in [0.3, 0.4) is 0 Å². The quantitative estimate of drug-likeness (QED) is 0.262. The van der Waals surface area contributed by atoms with E-state index in [1.165, 1.54) is 4.90 Å². The van der Waals surface area contributed by atoms with E-state index < -0.39 is 17.7 Å². The molecule has 3 aromatic carbocycles. The summed E-state index contributed by atoms with van der Waals surface area (Å²) in [7, 11) is 0. The molecule has 1 saturated heterocycles. The van der Waals surface area contributed by atoms with Crippen molar-refractivity contribution in [1.82, 2.24) is 0 Å². The molecule has 1 unspecified atom stereocenters. The first-order valence-corrected chi connectivity index (χ1v) is 11.1. The smallest absolute Gasteiger partial charge is 0.300 e. The number of rotatable bonds is 5. The number of carbonyl (C=O) groups is 2. The Morgan fingerprint density at radius 2 is 1.73 bits per heavy atom. The van der Waals surface area contributed by atoms with Gasteiger partial charge in [0.2, 0.25) is 0 Å². The normalized spacial score (nSPS) is 17.5. The summed E-state index contributed by atoms with van der Waals surface area (Å²) in [5.41, 5.74) is 1.96. The van der Waals surface area contributed by atoms with Gasteiger partial charge in [0.25, 0.3) is 11.7 Å². The maximum absolute atomic E-state index is 13.3. The molecule has 3 aromatic rings. The second kappa shape index (κ2) is 9.30. The van der Waals surface area contributed by atoms with E-state index in [9.17, 15) is 14.7 Å². The number of amides is 1. The Morgan fingerprint density at radius 3 is 2.42 bits per heavy atom. The molecule has 0 aliphatic carbocycles. The molecule has 1 amide bonds. The summed E-state index contributed by atoms with van der Waals surface area (Å²) in [5, 5.41) is 12.0. The highest BCUT2D eigenvalue weighted by Crippen LogP contribution is 2.44. The second-order valence-corrected chi connectivity index (χ2v) is 8.35. The van der Waals surface area contributed by atoms with E-state index >= 15 is 0 Å². The number of aliphatic hydroxyl groups excluding tert-OH is 1. The van der Waals surface area contributed by atoms with Gasteiger partial charge in [-0.25, -0.2) is 0 Å². The number of aliphatic hydroxyl groups is 1. The van der Waals surface area contributed by atoms with Crippen LogP contribution < -0.4 is 9.64 Å². The average Bonchev–Trinajstić information content (AvgIpc) is 3.08. The molecule has 168 valence electrons. The number of nitrogens with zero attached hydrogens (tertiary/aromatic N) is 1. The molecule has 1 N–H and O–H groups in total. The van der Waals surface area contributed by atoms with Crippen molar-refractivity contribution < 1.29 is 19.4 Å². The monoisotopic (exact) mass is 481 g/mol. The number of halogens is 2. The van der Waals surface area contributed by atoms with Crippen LogP contribution in [0, 0.1) is 6.92 Å². The van der Waals surface area contributed by atoms with Crippen LogP contribution in [0.15, 0.2) is 72.3 Å². The summed E-state index contributed by atoms with van der Waals surface area (Å²) in [6, 6.07) is 18.2. The third kappa shape index (κ3) is 4.10. The predicted molar refractivity (Wildman–Crippen MR) is 130 cm³/mol. The van der Waals surface area contributed by atoms with Gasteiger partial charge in [-0.1, -0.05) is 59.6 Å². The minimum absolute atomic E-state index is 0.0545.